The fourth-order valence-electron chi connectivity index (χ4n) is 4.63. The normalized spacial score (nSPS) is 33.8. The van der Waals surface area contributed by atoms with Crippen LogP contribution in [0, 0.1) is 17.3 Å². The van der Waals surface area contributed by atoms with Crippen LogP contribution in [0.1, 0.15) is 59.3 Å². The van der Waals surface area contributed by atoms with Crippen molar-refractivity contribution in [2.45, 2.75) is 70.9 Å². The summed E-state index contributed by atoms with van der Waals surface area (Å²) in [5.41, 5.74) is -0.620. The van der Waals surface area contributed by atoms with E-state index in [9.17, 15) is 14.7 Å². The molecule has 0 aromatic rings. The maximum atomic E-state index is 13.1. The summed E-state index contributed by atoms with van der Waals surface area (Å²) in [6.45, 7) is 8.25. The number of morpholine rings is 1. The number of ether oxygens (including phenoxy) is 1. The first-order valence-corrected chi connectivity index (χ1v) is 9.63. The molecule has 6 heteroatoms. The van der Waals surface area contributed by atoms with Crippen LogP contribution in [0.3, 0.4) is 0 Å². The number of rotatable bonds is 3. The van der Waals surface area contributed by atoms with Crippen LogP contribution in [0.5, 0.6) is 0 Å². The molecule has 3 rings (SSSR count). The van der Waals surface area contributed by atoms with Gasteiger partial charge in [-0.15, -0.1) is 0 Å². The lowest BCUT2D eigenvalue weighted by atomic mass is 9.63. The van der Waals surface area contributed by atoms with Gasteiger partial charge >= 0.3 is 6.09 Å². The van der Waals surface area contributed by atoms with Gasteiger partial charge in [0.25, 0.3) is 0 Å². The fourth-order valence-corrected chi connectivity index (χ4v) is 4.63. The maximum Gasteiger partial charge on any atom is 0.405 e. The Hall–Kier alpha value is -1.30. The highest BCUT2D eigenvalue weighted by Gasteiger charge is 2.48. The first kappa shape index (κ1) is 18.5. The number of nitrogens with one attached hydrogen (secondary N) is 1. The molecule has 3 aliphatic rings. The van der Waals surface area contributed by atoms with Gasteiger partial charge in [0, 0.05) is 18.0 Å². The molecule has 2 aliphatic carbocycles. The minimum Gasteiger partial charge on any atom is -0.465 e. The van der Waals surface area contributed by atoms with Crippen LogP contribution in [0.25, 0.3) is 0 Å². The van der Waals surface area contributed by atoms with Crippen molar-refractivity contribution in [2.24, 2.45) is 17.3 Å². The standard InChI is InChI=1S/C19H32N2O4/c1-18(2,3)19(20-17(23)24)8-6-14(7-9-19)16(22)21-10-11-25-12-15(21)13-4-5-13/h13-15,20H,4-12H2,1-3H3,(H,23,24). The predicted octanol–water partition coefficient (Wildman–Crippen LogP) is 2.87. The number of carbonyl (C=O) groups excluding carboxylic acids is 1. The summed E-state index contributed by atoms with van der Waals surface area (Å²) in [6.07, 6.45) is 4.39. The molecule has 0 radical (unpaired) electrons. The molecule has 1 aliphatic heterocycles. The van der Waals surface area contributed by atoms with E-state index < -0.39 is 11.6 Å². The van der Waals surface area contributed by atoms with Gasteiger partial charge in [-0.2, -0.15) is 0 Å². The van der Waals surface area contributed by atoms with Crippen LogP contribution in [-0.2, 0) is 9.53 Å². The molecule has 1 unspecified atom stereocenters. The van der Waals surface area contributed by atoms with Crippen LogP contribution in [-0.4, -0.2) is 53.3 Å². The zero-order valence-electron chi connectivity index (χ0n) is 15.7. The quantitative estimate of drug-likeness (QED) is 0.819. The second kappa shape index (κ2) is 6.78. The van der Waals surface area contributed by atoms with Crippen molar-refractivity contribution in [1.82, 2.24) is 10.2 Å². The first-order valence-electron chi connectivity index (χ1n) is 9.63. The molecule has 3 fully saturated rings. The number of amides is 2. The molecular formula is C19H32N2O4. The van der Waals surface area contributed by atoms with Gasteiger partial charge in [-0.05, 0) is 49.9 Å². The van der Waals surface area contributed by atoms with E-state index >= 15 is 0 Å². The molecule has 2 amide bonds. The molecule has 142 valence electrons. The van der Waals surface area contributed by atoms with Gasteiger partial charge in [-0.3, -0.25) is 4.79 Å². The molecule has 0 aromatic heterocycles. The minimum atomic E-state index is -0.971. The van der Waals surface area contributed by atoms with Crippen LogP contribution in [0.2, 0.25) is 0 Å². The highest BCUT2D eigenvalue weighted by molar-refractivity contribution is 5.79. The molecule has 0 bridgehead atoms. The lowest BCUT2D eigenvalue weighted by molar-refractivity contribution is -0.147. The second-order valence-electron chi connectivity index (χ2n) is 9.05. The van der Waals surface area contributed by atoms with E-state index in [2.05, 4.69) is 31.0 Å². The maximum absolute atomic E-state index is 13.1. The van der Waals surface area contributed by atoms with E-state index in [1.54, 1.807) is 0 Å². The first-order chi connectivity index (χ1) is 11.7. The number of hydrogen-bond donors (Lipinski definition) is 2. The molecule has 25 heavy (non-hydrogen) atoms. The number of carbonyl (C=O) groups is 2. The molecule has 1 saturated heterocycles. The summed E-state index contributed by atoms with van der Waals surface area (Å²) in [7, 11) is 0. The Labute approximate surface area is 150 Å². The summed E-state index contributed by atoms with van der Waals surface area (Å²) < 4.78 is 5.60. The largest absolute Gasteiger partial charge is 0.465 e. The molecular weight excluding hydrogens is 320 g/mol. The molecule has 1 heterocycles. The van der Waals surface area contributed by atoms with E-state index in [1.807, 2.05) is 0 Å². The Bertz CT molecular complexity index is 516. The molecule has 6 nitrogen and oxygen atoms in total. The topological polar surface area (TPSA) is 78.9 Å². The lowest BCUT2D eigenvalue weighted by Crippen LogP contribution is -2.60. The summed E-state index contributed by atoms with van der Waals surface area (Å²) in [5, 5.41) is 12.1. The molecule has 0 spiro atoms. The minimum absolute atomic E-state index is 0.0189. The molecule has 1 atom stereocenters. The Morgan fingerprint density at radius 2 is 1.80 bits per heavy atom. The average Bonchev–Trinajstić information content (AvgIpc) is 3.38. The van der Waals surface area contributed by atoms with Crippen LogP contribution in [0.15, 0.2) is 0 Å². The number of carboxylic acid groups (broad SMARTS) is 1. The highest BCUT2D eigenvalue weighted by Crippen LogP contribution is 2.45. The third kappa shape index (κ3) is 3.78. The van der Waals surface area contributed by atoms with Crippen molar-refractivity contribution in [1.29, 1.82) is 0 Å². The Kier molecular flexibility index (Phi) is 5.02. The lowest BCUT2D eigenvalue weighted by Gasteiger charge is -2.49. The number of nitrogens with zero attached hydrogens (tertiary/aromatic N) is 1. The Morgan fingerprint density at radius 1 is 1.16 bits per heavy atom. The van der Waals surface area contributed by atoms with Gasteiger partial charge in [0.05, 0.1) is 19.3 Å². The van der Waals surface area contributed by atoms with E-state index in [-0.39, 0.29) is 23.3 Å². The second-order valence-corrected chi connectivity index (χ2v) is 9.05. The summed E-state index contributed by atoms with van der Waals surface area (Å²) >= 11 is 0. The predicted molar refractivity (Wildman–Crippen MR) is 94.3 cm³/mol. The fraction of sp³-hybridized carbons (Fsp3) is 0.895. The monoisotopic (exact) mass is 352 g/mol. The van der Waals surface area contributed by atoms with Crippen molar-refractivity contribution >= 4 is 12.0 Å². The van der Waals surface area contributed by atoms with E-state index in [4.69, 9.17) is 4.74 Å². The molecule has 2 N–H and O–H groups in total. The summed E-state index contributed by atoms with van der Waals surface area (Å²) in [5.74, 6) is 0.902. The van der Waals surface area contributed by atoms with E-state index in [1.165, 1.54) is 12.8 Å². The SMILES string of the molecule is CC(C)(C)C1(NC(=O)O)CCC(C(=O)N2CCOCC2C2CC2)CC1. The van der Waals surface area contributed by atoms with Gasteiger partial charge in [-0.25, -0.2) is 4.79 Å². The molecule has 0 aromatic carbocycles. The third-order valence-electron chi connectivity index (χ3n) is 6.58. The van der Waals surface area contributed by atoms with Crippen molar-refractivity contribution in [3.63, 3.8) is 0 Å². The van der Waals surface area contributed by atoms with Crippen molar-refractivity contribution in [3.05, 3.63) is 0 Å². The highest BCUT2D eigenvalue weighted by atomic mass is 16.5. The van der Waals surface area contributed by atoms with Gasteiger partial charge < -0.3 is 20.1 Å². The Balaban J connectivity index is 1.66. The van der Waals surface area contributed by atoms with Crippen LogP contribution >= 0.6 is 0 Å². The van der Waals surface area contributed by atoms with Crippen LogP contribution < -0.4 is 5.32 Å². The Morgan fingerprint density at radius 3 is 2.32 bits per heavy atom. The third-order valence-corrected chi connectivity index (χ3v) is 6.58. The smallest absolute Gasteiger partial charge is 0.405 e. The van der Waals surface area contributed by atoms with Crippen molar-refractivity contribution in [2.75, 3.05) is 19.8 Å². The van der Waals surface area contributed by atoms with Crippen molar-refractivity contribution in [3.8, 4) is 0 Å². The average molecular weight is 352 g/mol. The van der Waals surface area contributed by atoms with Gasteiger partial charge in [0.2, 0.25) is 5.91 Å². The zero-order valence-corrected chi connectivity index (χ0v) is 15.7. The van der Waals surface area contributed by atoms with E-state index in [0.29, 0.717) is 25.7 Å². The van der Waals surface area contributed by atoms with Crippen LogP contribution in [0.4, 0.5) is 4.79 Å². The summed E-state index contributed by atoms with van der Waals surface area (Å²) in [4.78, 5) is 26.5. The van der Waals surface area contributed by atoms with Gasteiger partial charge in [0.1, 0.15) is 0 Å². The van der Waals surface area contributed by atoms with Gasteiger partial charge in [0.15, 0.2) is 0 Å². The van der Waals surface area contributed by atoms with Crippen molar-refractivity contribution < 1.29 is 19.4 Å². The van der Waals surface area contributed by atoms with Gasteiger partial charge in [-0.1, -0.05) is 20.8 Å². The zero-order chi connectivity index (χ0) is 18.2. The van der Waals surface area contributed by atoms with E-state index in [0.717, 1.165) is 25.7 Å². The number of hydrogen-bond acceptors (Lipinski definition) is 3. The molecule has 2 saturated carbocycles. The summed E-state index contributed by atoms with van der Waals surface area (Å²) in [6, 6.07) is 0.257.